The van der Waals surface area contributed by atoms with Crippen LogP contribution in [0.3, 0.4) is 0 Å². The summed E-state index contributed by atoms with van der Waals surface area (Å²) < 4.78 is 17.5. The molecule has 1 heterocycles. The number of allylic oxidation sites excluding steroid dienone is 1. The van der Waals surface area contributed by atoms with Crippen LogP contribution in [0.15, 0.2) is 11.3 Å². The maximum absolute atomic E-state index is 12.2. The van der Waals surface area contributed by atoms with Gasteiger partial charge in [-0.3, -0.25) is 14.4 Å². The summed E-state index contributed by atoms with van der Waals surface area (Å²) in [6.07, 6.45) is 12.0. The Balaban J connectivity index is 1.20. The summed E-state index contributed by atoms with van der Waals surface area (Å²) in [6, 6.07) is 0. The minimum absolute atomic E-state index is 0.0347. The van der Waals surface area contributed by atoms with Crippen molar-refractivity contribution in [3.63, 3.8) is 0 Å². The van der Waals surface area contributed by atoms with E-state index in [1.807, 2.05) is 0 Å². The monoisotopic (exact) mass is 544 g/mol. The zero-order valence-corrected chi connectivity index (χ0v) is 24.3. The van der Waals surface area contributed by atoms with Crippen molar-refractivity contribution in [2.45, 2.75) is 123 Å². The minimum Gasteiger partial charge on any atom is -0.494 e. The molecule has 0 amide bonds. The van der Waals surface area contributed by atoms with Crippen molar-refractivity contribution < 1.29 is 33.7 Å². The standard InChI is InChI=1S/C32H48O7/c1-19-26(7-5-6-16-37-20(2)33)39-27-18-25-23-9-8-21-17-22(38-29(36)11-10-28(34)35)12-14-31(21,3)24(23)13-15-32(25,4)30(19)27/h21-25,27,30H,5-18H2,1-4H3,(H,34,35)/t21-,22+,23+,24-,25+,27-,30+,31-,32-/m0/s1. The number of carboxylic acids is 1. The van der Waals surface area contributed by atoms with Gasteiger partial charge >= 0.3 is 17.9 Å². The third-order valence-corrected chi connectivity index (χ3v) is 11.8. The van der Waals surface area contributed by atoms with Gasteiger partial charge in [0.15, 0.2) is 0 Å². The Kier molecular flexibility index (Phi) is 8.09. The fourth-order valence-electron chi connectivity index (χ4n) is 9.97. The van der Waals surface area contributed by atoms with Gasteiger partial charge in [-0.25, -0.2) is 0 Å². The van der Waals surface area contributed by atoms with Crippen molar-refractivity contribution in [2.24, 2.45) is 40.4 Å². The molecule has 0 unspecified atom stereocenters. The van der Waals surface area contributed by atoms with E-state index in [2.05, 4.69) is 20.8 Å². The SMILES string of the molecule is CC(=O)OCCCCC1=C(C)[C@@H]2[C@H](C[C@@H]3[C@@H]4CC[C@H]5C[C@H](OC(=O)CCC(=O)O)CC[C@]5(C)[C@H]4CC[C@@]32C)O1. The van der Waals surface area contributed by atoms with Crippen molar-refractivity contribution in [3.8, 4) is 0 Å². The molecule has 7 nitrogen and oxygen atoms in total. The van der Waals surface area contributed by atoms with E-state index in [1.54, 1.807) is 0 Å². The van der Waals surface area contributed by atoms with Gasteiger partial charge in [0.1, 0.15) is 12.2 Å². The predicted octanol–water partition coefficient (Wildman–Crippen LogP) is 6.44. The molecule has 1 N–H and O–H groups in total. The van der Waals surface area contributed by atoms with Crippen molar-refractivity contribution in [1.82, 2.24) is 0 Å². The normalized spacial score (nSPS) is 40.6. The average molecular weight is 545 g/mol. The lowest BCUT2D eigenvalue weighted by atomic mass is 9.44. The first kappa shape index (κ1) is 28.5. The minimum atomic E-state index is -0.953. The molecule has 0 bridgehead atoms. The predicted molar refractivity (Wildman–Crippen MR) is 145 cm³/mol. The topological polar surface area (TPSA) is 99.1 Å². The first-order valence-electron chi connectivity index (χ1n) is 15.4. The molecule has 39 heavy (non-hydrogen) atoms. The molecule has 4 saturated carbocycles. The molecule has 0 aromatic rings. The first-order chi connectivity index (χ1) is 18.5. The molecule has 0 aromatic carbocycles. The molecule has 5 aliphatic rings. The highest BCUT2D eigenvalue weighted by atomic mass is 16.5. The fraction of sp³-hybridized carbons (Fsp3) is 0.844. The second-order valence-corrected chi connectivity index (χ2v) is 13.8. The molecular formula is C32H48O7. The summed E-state index contributed by atoms with van der Waals surface area (Å²) >= 11 is 0. The second-order valence-electron chi connectivity index (χ2n) is 13.8. The van der Waals surface area contributed by atoms with E-state index in [4.69, 9.17) is 19.3 Å². The smallest absolute Gasteiger partial charge is 0.306 e. The number of ether oxygens (including phenoxy) is 3. The van der Waals surface area contributed by atoms with Crippen molar-refractivity contribution in [3.05, 3.63) is 11.3 Å². The molecule has 7 heteroatoms. The molecule has 0 radical (unpaired) electrons. The lowest BCUT2D eigenvalue weighted by molar-refractivity contribution is -0.163. The maximum Gasteiger partial charge on any atom is 0.306 e. The van der Waals surface area contributed by atoms with Crippen LogP contribution < -0.4 is 0 Å². The third-order valence-electron chi connectivity index (χ3n) is 11.8. The van der Waals surface area contributed by atoms with Gasteiger partial charge in [0.25, 0.3) is 0 Å². The number of unbranched alkanes of at least 4 members (excludes halogenated alkanes) is 1. The number of carboxylic acid groups (broad SMARTS) is 1. The highest BCUT2D eigenvalue weighted by molar-refractivity contribution is 5.76. The highest BCUT2D eigenvalue weighted by Gasteiger charge is 2.64. The van der Waals surface area contributed by atoms with Crippen LogP contribution in [-0.4, -0.2) is 41.8 Å². The summed E-state index contributed by atoms with van der Waals surface area (Å²) in [5.41, 5.74) is 2.07. The number of carbonyl (C=O) groups is 3. The zero-order valence-electron chi connectivity index (χ0n) is 24.3. The highest BCUT2D eigenvalue weighted by Crippen LogP contribution is 2.69. The van der Waals surface area contributed by atoms with Crippen molar-refractivity contribution in [2.75, 3.05) is 6.61 Å². The number of rotatable bonds is 9. The number of hydrogen-bond acceptors (Lipinski definition) is 6. The Morgan fingerprint density at radius 1 is 0.974 bits per heavy atom. The number of carbonyl (C=O) groups excluding carboxylic acids is 2. The van der Waals surface area contributed by atoms with Crippen LogP contribution in [0.5, 0.6) is 0 Å². The average Bonchev–Trinajstić information content (AvgIpc) is 3.35. The summed E-state index contributed by atoms with van der Waals surface area (Å²) in [5.74, 6) is 2.94. The lowest BCUT2D eigenvalue weighted by Gasteiger charge is -2.61. The van der Waals surface area contributed by atoms with Gasteiger partial charge in [-0.15, -0.1) is 0 Å². The summed E-state index contributed by atoms with van der Waals surface area (Å²) in [4.78, 5) is 34.0. The lowest BCUT2D eigenvalue weighted by Crippen LogP contribution is -2.54. The van der Waals surface area contributed by atoms with E-state index in [9.17, 15) is 14.4 Å². The van der Waals surface area contributed by atoms with E-state index in [-0.39, 0.29) is 30.9 Å². The third kappa shape index (κ3) is 5.36. The number of fused-ring (bicyclic) bond motifs is 7. The van der Waals surface area contributed by atoms with E-state index < -0.39 is 5.97 Å². The van der Waals surface area contributed by atoms with Crippen LogP contribution in [0.1, 0.15) is 111 Å². The molecule has 0 saturated heterocycles. The van der Waals surface area contributed by atoms with Crippen LogP contribution >= 0.6 is 0 Å². The van der Waals surface area contributed by atoms with E-state index >= 15 is 0 Å². The Morgan fingerprint density at radius 3 is 2.49 bits per heavy atom. The second kappa shape index (κ2) is 11.1. The number of esters is 2. The van der Waals surface area contributed by atoms with Gasteiger partial charge < -0.3 is 19.3 Å². The van der Waals surface area contributed by atoms with Crippen LogP contribution in [0.25, 0.3) is 0 Å². The van der Waals surface area contributed by atoms with E-state index in [1.165, 1.54) is 50.4 Å². The fourth-order valence-corrected chi connectivity index (χ4v) is 9.97. The first-order valence-corrected chi connectivity index (χ1v) is 15.4. The van der Waals surface area contributed by atoms with Crippen molar-refractivity contribution >= 4 is 17.9 Å². The number of aliphatic carboxylic acids is 1. The molecule has 5 rings (SSSR count). The molecule has 9 atom stereocenters. The van der Waals surface area contributed by atoms with E-state index in [0.29, 0.717) is 41.3 Å². The van der Waals surface area contributed by atoms with Crippen LogP contribution in [0, 0.1) is 40.4 Å². The molecule has 1 aliphatic heterocycles. The molecule has 0 spiro atoms. The number of hydrogen-bond donors (Lipinski definition) is 1. The van der Waals surface area contributed by atoms with Crippen molar-refractivity contribution in [1.29, 1.82) is 0 Å². The van der Waals surface area contributed by atoms with E-state index in [0.717, 1.165) is 50.4 Å². The van der Waals surface area contributed by atoms with Gasteiger partial charge in [-0.05, 0) is 111 Å². The van der Waals surface area contributed by atoms with Gasteiger partial charge in [-0.2, -0.15) is 0 Å². The molecule has 218 valence electrons. The maximum atomic E-state index is 12.2. The molecule has 4 fully saturated rings. The summed E-state index contributed by atoms with van der Waals surface area (Å²) in [6.45, 7) is 9.33. The Hall–Kier alpha value is -2.05. The largest absolute Gasteiger partial charge is 0.494 e. The Bertz CT molecular complexity index is 1000. The van der Waals surface area contributed by atoms with Crippen LogP contribution in [0.2, 0.25) is 0 Å². The molecule has 4 aliphatic carbocycles. The van der Waals surface area contributed by atoms with Gasteiger partial charge in [-0.1, -0.05) is 13.8 Å². The Labute approximate surface area is 233 Å². The van der Waals surface area contributed by atoms with Gasteiger partial charge in [0.05, 0.1) is 25.2 Å². The zero-order chi connectivity index (χ0) is 27.9. The summed E-state index contributed by atoms with van der Waals surface area (Å²) in [5, 5.41) is 8.87. The van der Waals surface area contributed by atoms with Crippen LogP contribution in [-0.2, 0) is 28.6 Å². The molecule has 0 aromatic heterocycles. The van der Waals surface area contributed by atoms with Crippen LogP contribution in [0.4, 0.5) is 0 Å². The van der Waals surface area contributed by atoms with Gasteiger partial charge in [0, 0.05) is 19.3 Å². The molecular weight excluding hydrogens is 496 g/mol. The summed E-state index contributed by atoms with van der Waals surface area (Å²) in [7, 11) is 0. The quantitative estimate of drug-likeness (QED) is 0.263. The Morgan fingerprint density at radius 2 is 1.74 bits per heavy atom. The van der Waals surface area contributed by atoms with Gasteiger partial charge in [0.2, 0.25) is 0 Å².